The summed E-state index contributed by atoms with van der Waals surface area (Å²) >= 11 is 0. The van der Waals surface area contributed by atoms with Crippen LogP contribution in [-0.4, -0.2) is 62.9 Å². The molecular weight excluding hydrogens is 232 g/mol. The Kier molecular flexibility index (Phi) is 7.23. The van der Waals surface area contributed by atoms with Crippen LogP contribution in [0.4, 0.5) is 0 Å². The summed E-state index contributed by atoms with van der Waals surface area (Å²) in [7, 11) is 1.65. The van der Waals surface area contributed by atoms with Gasteiger partial charge in [-0.3, -0.25) is 4.79 Å². The fraction of sp³-hybridized carbons (Fsp3) is 0.923. The molecule has 1 amide bonds. The molecular formula is C13H26N2O3. The van der Waals surface area contributed by atoms with Crippen molar-refractivity contribution in [2.75, 3.05) is 40.0 Å². The molecule has 1 aliphatic heterocycles. The summed E-state index contributed by atoms with van der Waals surface area (Å²) in [4.78, 5) is 13.9. The third-order valence-corrected chi connectivity index (χ3v) is 3.06. The summed E-state index contributed by atoms with van der Waals surface area (Å²) in [6.07, 6.45) is 2.42. The van der Waals surface area contributed by atoms with Crippen LogP contribution in [0.25, 0.3) is 0 Å². The van der Waals surface area contributed by atoms with Crippen LogP contribution in [0.2, 0.25) is 0 Å². The number of rotatable bonds is 8. The van der Waals surface area contributed by atoms with Gasteiger partial charge in [-0.15, -0.1) is 0 Å². The zero-order valence-electron chi connectivity index (χ0n) is 11.8. The van der Waals surface area contributed by atoms with Crippen LogP contribution in [0.5, 0.6) is 0 Å². The van der Waals surface area contributed by atoms with Gasteiger partial charge in [-0.25, -0.2) is 0 Å². The topological polar surface area (TPSA) is 50.8 Å². The normalized spacial score (nSPS) is 19.4. The zero-order valence-corrected chi connectivity index (χ0v) is 11.8. The Hall–Kier alpha value is -0.650. The maximum Gasteiger partial charge on any atom is 0.248 e. The summed E-state index contributed by atoms with van der Waals surface area (Å²) in [5.41, 5.74) is 0. The quantitative estimate of drug-likeness (QED) is 0.694. The average molecular weight is 258 g/mol. The lowest BCUT2D eigenvalue weighted by molar-refractivity contribution is -0.138. The van der Waals surface area contributed by atoms with Gasteiger partial charge >= 0.3 is 0 Å². The van der Waals surface area contributed by atoms with E-state index in [1.54, 1.807) is 7.11 Å². The molecule has 1 rings (SSSR count). The van der Waals surface area contributed by atoms with E-state index in [-0.39, 0.29) is 18.6 Å². The van der Waals surface area contributed by atoms with Gasteiger partial charge in [-0.1, -0.05) is 0 Å². The molecule has 0 spiro atoms. The van der Waals surface area contributed by atoms with Crippen molar-refractivity contribution < 1.29 is 14.3 Å². The van der Waals surface area contributed by atoms with E-state index in [1.807, 2.05) is 18.7 Å². The highest BCUT2D eigenvalue weighted by Gasteiger charge is 2.21. The first-order valence-electron chi connectivity index (χ1n) is 6.75. The Balaban J connectivity index is 2.39. The van der Waals surface area contributed by atoms with E-state index in [9.17, 15) is 4.79 Å². The van der Waals surface area contributed by atoms with Crippen molar-refractivity contribution >= 4 is 5.91 Å². The zero-order chi connectivity index (χ0) is 13.4. The van der Waals surface area contributed by atoms with Crippen LogP contribution in [-0.2, 0) is 14.3 Å². The first-order chi connectivity index (χ1) is 8.63. The van der Waals surface area contributed by atoms with Crippen molar-refractivity contribution in [1.29, 1.82) is 0 Å². The fourth-order valence-corrected chi connectivity index (χ4v) is 2.03. The van der Waals surface area contributed by atoms with E-state index >= 15 is 0 Å². The van der Waals surface area contributed by atoms with Gasteiger partial charge in [0, 0.05) is 26.2 Å². The maximum absolute atomic E-state index is 12.1. The number of nitrogens with one attached hydrogen (secondary N) is 1. The molecule has 5 nitrogen and oxygen atoms in total. The minimum absolute atomic E-state index is 0.0504. The van der Waals surface area contributed by atoms with Crippen molar-refractivity contribution in [1.82, 2.24) is 10.2 Å². The van der Waals surface area contributed by atoms with Crippen LogP contribution in [0.3, 0.4) is 0 Å². The molecule has 5 heteroatoms. The highest BCUT2D eigenvalue weighted by Crippen LogP contribution is 2.07. The Morgan fingerprint density at radius 3 is 2.83 bits per heavy atom. The molecule has 1 fully saturated rings. The van der Waals surface area contributed by atoms with Gasteiger partial charge in [0.05, 0.1) is 12.7 Å². The Morgan fingerprint density at radius 1 is 1.50 bits per heavy atom. The van der Waals surface area contributed by atoms with Crippen molar-refractivity contribution in [2.24, 2.45) is 0 Å². The van der Waals surface area contributed by atoms with E-state index in [4.69, 9.17) is 9.47 Å². The molecule has 0 aromatic heterocycles. The predicted octanol–water partition coefficient (Wildman–Crippen LogP) is 0.638. The molecule has 1 unspecified atom stereocenters. The maximum atomic E-state index is 12.1. The molecule has 1 aliphatic rings. The number of carbonyl (C=O) groups excluding carboxylic acids is 1. The lowest BCUT2D eigenvalue weighted by Gasteiger charge is -2.26. The number of amides is 1. The van der Waals surface area contributed by atoms with E-state index in [2.05, 4.69) is 5.32 Å². The summed E-state index contributed by atoms with van der Waals surface area (Å²) in [5, 5.41) is 3.41. The molecule has 0 aromatic rings. The Morgan fingerprint density at radius 2 is 2.28 bits per heavy atom. The van der Waals surface area contributed by atoms with Crippen LogP contribution in [0, 0.1) is 0 Å². The predicted molar refractivity (Wildman–Crippen MR) is 70.6 cm³/mol. The number of hydrogen-bond donors (Lipinski definition) is 1. The van der Waals surface area contributed by atoms with E-state index in [0.717, 1.165) is 19.5 Å². The fourth-order valence-electron chi connectivity index (χ4n) is 2.03. The van der Waals surface area contributed by atoms with Gasteiger partial charge in [0.15, 0.2) is 0 Å². The Bertz CT molecular complexity index is 240. The second-order valence-electron chi connectivity index (χ2n) is 4.99. The summed E-state index contributed by atoms with van der Waals surface area (Å²) < 4.78 is 10.4. The van der Waals surface area contributed by atoms with Crippen LogP contribution >= 0.6 is 0 Å². The molecule has 106 valence electrons. The standard InChI is InChI=1S/C13H26N2O3/c1-11(2)18-10-13(16)15(7-8-17-3)9-12-5-4-6-14-12/h11-12,14H,4-10H2,1-3H3. The highest BCUT2D eigenvalue weighted by molar-refractivity contribution is 5.77. The lowest BCUT2D eigenvalue weighted by Crippen LogP contribution is -2.44. The number of methoxy groups -OCH3 is 1. The van der Waals surface area contributed by atoms with Crippen LogP contribution in [0.1, 0.15) is 26.7 Å². The molecule has 0 saturated carbocycles. The average Bonchev–Trinajstić information content (AvgIpc) is 2.84. The summed E-state index contributed by atoms with van der Waals surface area (Å²) in [5.74, 6) is 0.0504. The van der Waals surface area contributed by atoms with Gasteiger partial charge in [0.25, 0.3) is 0 Å². The molecule has 0 radical (unpaired) electrons. The smallest absolute Gasteiger partial charge is 0.248 e. The van der Waals surface area contributed by atoms with Crippen molar-refractivity contribution in [3.63, 3.8) is 0 Å². The van der Waals surface area contributed by atoms with E-state index < -0.39 is 0 Å². The number of carbonyl (C=O) groups is 1. The molecule has 1 saturated heterocycles. The highest BCUT2D eigenvalue weighted by atomic mass is 16.5. The van der Waals surface area contributed by atoms with Crippen molar-refractivity contribution in [3.8, 4) is 0 Å². The van der Waals surface area contributed by atoms with Crippen molar-refractivity contribution in [2.45, 2.75) is 38.8 Å². The number of hydrogen-bond acceptors (Lipinski definition) is 4. The van der Waals surface area contributed by atoms with E-state index in [0.29, 0.717) is 19.2 Å². The van der Waals surface area contributed by atoms with Crippen molar-refractivity contribution in [3.05, 3.63) is 0 Å². The first-order valence-corrected chi connectivity index (χ1v) is 6.75. The van der Waals surface area contributed by atoms with Gasteiger partial charge in [-0.05, 0) is 33.2 Å². The minimum atomic E-state index is 0.0504. The SMILES string of the molecule is COCCN(CC1CCCN1)C(=O)COC(C)C. The third-order valence-electron chi connectivity index (χ3n) is 3.06. The second kappa shape index (κ2) is 8.45. The van der Waals surface area contributed by atoms with Gasteiger partial charge in [0.1, 0.15) is 6.61 Å². The lowest BCUT2D eigenvalue weighted by atomic mass is 10.2. The largest absolute Gasteiger partial charge is 0.383 e. The van der Waals surface area contributed by atoms with Gasteiger partial charge in [-0.2, -0.15) is 0 Å². The number of nitrogens with zero attached hydrogens (tertiary/aromatic N) is 1. The van der Waals surface area contributed by atoms with Crippen LogP contribution in [0.15, 0.2) is 0 Å². The third kappa shape index (κ3) is 5.80. The minimum Gasteiger partial charge on any atom is -0.383 e. The molecule has 1 heterocycles. The second-order valence-corrected chi connectivity index (χ2v) is 4.99. The molecule has 18 heavy (non-hydrogen) atoms. The number of ether oxygens (including phenoxy) is 2. The summed E-state index contributed by atoms with van der Waals surface area (Å²) in [6.45, 7) is 7.04. The monoisotopic (exact) mass is 258 g/mol. The van der Waals surface area contributed by atoms with Gasteiger partial charge < -0.3 is 19.7 Å². The van der Waals surface area contributed by atoms with E-state index in [1.165, 1.54) is 6.42 Å². The molecule has 0 aliphatic carbocycles. The van der Waals surface area contributed by atoms with Gasteiger partial charge in [0.2, 0.25) is 5.91 Å². The molecule has 0 bridgehead atoms. The molecule has 0 aromatic carbocycles. The summed E-state index contributed by atoms with van der Waals surface area (Å²) in [6, 6.07) is 0.421. The molecule has 1 atom stereocenters. The first kappa shape index (κ1) is 15.4. The Labute approximate surface area is 110 Å². The molecule has 1 N–H and O–H groups in total. The van der Waals surface area contributed by atoms with Crippen LogP contribution < -0.4 is 5.32 Å².